The maximum Gasteiger partial charge on any atom is 0.150 e. The van der Waals surface area contributed by atoms with E-state index in [0.29, 0.717) is 13.0 Å². The average molecular weight is 443 g/mol. The number of nitrogens with two attached hydrogens (primary N) is 1. The normalized spacial score (nSPS) is 13.9. The highest BCUT2D eigenvalue weighted by Gasteiger charge is 2.52. The first-order valence-electron chi connectivity index (χ1n) is 11.2. The highest BCUT2D eigenvalue weighted by atomic mass is 35.5. The molecule has 31 heavy (non-hydrogen) atoms. The van der Waals surface area contributed by atoms with E-state index in [-0.39, 0.29) is 24.0 Å². The highest BCUT2D eigenvalue weighted by Crippen LogP contribution is 2.47. The predicted molar refractivity (Wildman–Crippen MR) is 129 cm³/mol. The Morgan fingerprint density at radius 2 is 1.48 bits per heavy atom. The van der Waals surface area contributed by atoms with Gasteiger partial charge in [0, 0.05) is 13.0 Å². The number of amidine groups is 1. The van der Waals surface area contributed by atoms with E-state index in [9.17, 15) is 4.79 Å². The molecule has 3 rings (SSSR count). The molecule has 0 aromatic heterocycles. The van der Waals surface area contributed by atoms with Crippen molar-refractivity contribution in [1.29, 1.82) is 5.41 Å². The molecule has 0 radical (unpaired) electrons. The highest BCUT2D eigenvalue weighted by molar-refractivity contribution is 6.09. The zero-order valence-corrected chi connectivity index (χ0v) is 19.1. The second kappa shape index (κ2) is 12.6. The van der Waals surface area contributed by atoms with Gasteiger partial charge in [0.1, 0.15) is 5.84 Å². The van der Waals surface area contributed by atoms with Gasteiger partial charge in [-0.25, -0.2) is 0 Å². The van der Waals surface area contributed by atoms with Crippen molar-refractivity contribution >= 4 is 24.0 Å². The van der Waals surface area contributed by atoms with Crippen LogP contribution < -0.4 is 5.73 Å². The molecule has 2 aromatic carbocycles. The number of rotatable bonds is 14. The number of benzene rings is 2. The smallest absolute Gasteiger partial charge is 0.150 e. The summed E-state index contributed by atoms with van der Waals surface area (Å²) in [6.07, 6.45) is 8.94. The minimum Gasteiger partial charge on any atom is -0.387 e. The van der Waals surface area contributed by atoms with E-state index in [1.54, 1.807) is 0 Å². The summed E-state index contributed by atoms with van der Waals surface area (Å²) in [7, 11) is 0. The molecule has 0 aliphatic heterocycles. The predicted octanol–water partition coefficient (Wildman–Crippen LogP) is 5.65. The van der Waals surface area contributed by atoms with E-state index in [1.807, 2.05) is 30.3 Å². The zero-order chi connectivity index (χ0) is 21.2. The standard InChI is InChI=1S/C26H34N2O2.ClH/c27-25(28)26(16-17-26)24(29)19-22-14-12-21(13-15-22)9-5-2-1-3-8-18-30-20-23-10-6-4-7-11-23;/h4,6-7,10-15H,1-3,5,8-9,16-20H2,(H3,27,28);1H. The van der Waals surface area contributed by atoms with Crippen molar-refractivity contribution in [3.63, 3.8) is 0 Å². The molecule has 3 N–H and O–H groups in total. The van der Waals surface area contributed by atoms with Gasteiger partial charge in [-0.3, -0.25) is 10.2 Å². The molecule has 0 atom stereocenters. The first-order chi connectivity index (χ1) is 14.6. The number of ether oxygens (including phenoxy) is 1. The molecular weight excluding hydrogens is 408 g/mol. The number of carbonyl (C=O) groups excluding carboxylic acids is 1. The summed E-state index contributed by atoms with van der Waals surface area (Å²) in [6.45, 7) is 1.54. The largest absolute Gasteiger partial charge is 0.387 e. The van der Waals surface area contributed by atoms with Gasteiger partial charge in [-0.05, 0) is 48.8 Å². The molecule has 1 saturated carbocycles. The summed E-state index contributed by atoms with van der Waals surface area (Å²) < 4.78 is 5.73. The fraction of sp³-hybridized carbons (Fsp3) is 0.462. The molecule has 0 heterocycles. The van der Waals surface area contributed by atoms with Crippen molar-refractivity contribution in [2.45, 2.75) is 64.4 Å². The van der Waals surface area contributed by atoms with Gasteiger partial charge in [0.25, 0.3) is 0 Å². The number of aryl methyl sites for hydroxylation is 1. The monoisotopic (exact) mass is 442 g/mol. The van der Waals surface area contributed by atoms with E-state index < -0.39 is 5.41 Å². The number of hydrogen-bond donors (Lipinski definition) is 2. The third kappa shape index (κ3) is 7.79. The van der Waals surface area contributed by atoms with Crippen LogP contribution in [0.4, 0.5) is 0 Å². The Labute approximate surface area is 192 Å². The number of Topliss-reactive ketones (excluding diaryl/α,β-unsaturated/α-hetero) is 1. The molecule has 168 valence electrons. The number of unbranched alkanes of at least 4 members (excludes halogenated alkanes) is 4. The maximum atomic E-state index is 12.4. The van der Waals surface area contributed by atoms with E-state index in [1.165, 1.54) is 36.8 Å². The van der Waals surface area contributed by atoms with E-state index in [2.05, 4.69) is 24.3 Å². The molecule has 1 aliphatic rings. The van der Waals surface area contributed by atoms with Crippen LogP contribution in [0.5, 0.6) is 0 Å². The van der Waals surface area contributed by atoms with Crippen LogP contribution in [0.2, 0.25) is 0 Å². The van der Waals surface area contributed by atoms with Crippen LogP contribution in [0.15, 0.2) is 54.6 Å². The van der Waals surface area contributed by atoms with Crippen LogP contribution in [0.3, 0.4) is 0 Å². The lowest BCUT2D eigenvalue weighted by Gasteiger charge is -2.12. The summed E-state index contributed by atoms with van der Waals surface area (Å²) in [5.41, 5.74) is 8.54. The topological polar surface area (TPSA) is 76.2 Å². The van der Waals surface area contributed by atoms with Crippen LogP contribution in [0.1, 0.15) is 61.6 Å². The second-order valence-corrected chi connectivity index (χ2v) is 8.47. The summed E-state index contributed by atoms with van der Waals surface area (Å²) >= 11 is 0. The van der Waals surface area contributed by atoms with Crippen molar-refractivity contribution in [2.75, 3.05) is 6.61 Å². The van der Waals surface area contributed by atoms with E-state index in [0.717, 1.165) is 37.9 Å². The fourth-order valence-corrected chi connectivity index (χ4v) is 3.83. The quantitative estimate of drug-likeness (QED) is 0.225. The van der Waals surface area contributed by atoms with Gasteiger partial charge in [-0.1, -0.05) is 73.9 Å². The lowest BCUT2D eigenvalue weighted by Crippen LogP contribution is -2.32. The molecular formula is C26H35ClN2O2. The Balaban J connectivity index is 0.00000341. The van der Waals surface area contributed by atoms with Crippen LogP contribution >= 0.6 is 12.4 Å². The zero-order valence-electron chi connectivity index (χ0n) is 18.3. The second-order valence-electron chi connectivity index (χ2n) is 8.47. The molecule has 4 nitrogen and oxygen atoms in total. The number of hydrogen-bond acceptors (Lipinski definition) is 3. The Morgan fingerprint density at radius 1 is 0.871 bits per heavy atom. The summed E-state index contributed by atoms with van der Waals surface area (Å²) in [5.74, 6) is 0.127. The molecule has 0 amide bonds. The number of nitrogens with one attached hydrogen (secondary N) is 1. The van der Waals surface area contributed by atoms with Gasteiger partial charge >= 0.3 is 0 Å². The van der Waals surface area contributed by atoms with Crippen molar-refractivity contribution in [3.8, 4) is 0 Å². The molecule has 0 bridgehead atoms. The van der Waals surface area contributed by atoms with Gasteiger partial charge in [0.05, 0.1) is 12.0 Å². The van der Waals surface area contributed by atoms with Gasteiger partial charge in [0.2, 0.25) is 0 Å². The summed E-state index contributed by atoms with van der Waals surface area (Å²) in [6, 6.07) is 18.7. The van der Waals surface area contributed by atoms with Gasteiger partial charge < -0.3 is 10.5 Å². The summed E-state index contributed by atoms with van der Waals surface area (Å²) in [4.78, 5) is 12.4. The lowest BCUT2D eigenvalue weighted by atomic mass is 9.93. The van der Waals surface area contributed by atoms with Gasteiger partial charge in [-0.2, -0.15) is 0 Å². The lowest BCUT2D eigenvalue weighted by molar-refractivity contribution is -0.121. The Bertz CT molecular complexity index is 817. The van der Waals surface area contributed by atoms with Crippen molar-refractivity contribution < 1.29 is 9.53 Å². The van der Waals surface area contributed by atoms with Crippen LogP contribution in [0.25, 0.3) is 0 Å². The van der Waals surface area contributed by atoms with Crippen molar-refractivity contribution in [2.24, 2.45) is 11.1 Å². The maximum absolute atomic E-state index is 12.4. The van der Waals surface area contributed by atoms with E-state index >= 15 is 0 Å². The van der Waals surface area contributed by atoms with Crippen molar-refractivity contribution in [1.82, 2.24) is 0 Å². The number of halogens is 1. The van der Waals surface area contributed by atoms with Crippen LogP contribution in [0, 0.1) is 10.8 Å². The van der Waals surface area contributed by atoms with Gasteiger partial charge in [0.15, 0.2) is 5.78 Å². The van der Waals surface area contributed by atoms with Gasteiger partial charge in [-0.15, -0.1) is 12.4 Å². The number of ketones is 1. The molecule has 1 aliphatic carbocycles. The minimum absolute atomic E-state index is 0. The number of carbonyl (C=O) groups is 1. The molecule has 0 unspecified atom stereocenters. The average Bonchev–Trinajstić information content (AvgIpc) is 3.57. The first kappa shape index (κ1) is 25.1. The molecule has 2 aromatic rings. The third-order valence-electron chi connectivity index (χ3n) is 6.05. The van der Waals surface area contributed by atoms with E-state index in [4.69, 9.17) is 15.9 Å². The first-order valence-corrected chi connectivity index (χ1v) is 11.2. The minimum atomic E-state index is -0.648. The van der Waals surface area contributed by atoms with Crippen LogP contribution in [-0.2, 0) is 29.0 Å². The Hall–Kier alpha value is -2.17. The molecule has 0 spiro atoms. The van der Waals surface area contributed by atoms with Crippen molar-refractivity contribution in [3.05, 3.63) is 71.3 Å². The molecule has 5 heteroatoms. The third-order valence-corrected chi connectivity index (χ3v) is 6.05. The summed E-state index contributed by atoms with van der Waals surface area (Å²) in [5, 5.41) is 7.63. The SMILES string of the molecule is Cl.N=C(N)C1(C(=O)Cc2ccc(CCCCCCCOCc3ccccc3)cc2)CC1. The Morgan fingerprint density at radius 3 is 2.13 bits per heavy atom. The Kier molecular flexibility index (Phi) is 10.2. The molecule has 0 saturated heterocycles. The molecule has 1 fully saturated rings. The fourth-order valence-electron chi connectivity index (χ4n) is 3.83. The van der Waals surface area contributed by atoms with Crippen LogP contribution in [-0.4, -0.2) is 18.2 Å².